The van der Waals surface area contributed by atoms with Gasteiger partial charge in [-0.2, -0.15) is 4.98 Å². The summed E-state index contributed by atoms with van der Waals surface area (Å²) >= 11 is 0. The summed E-state index contributed by atoms with van der Waals surface area (Å²) in [5, 5.41) is 4.00. The first kappa shape index (κ1) is 15.7. The standard InChI is InChI=1S/C17H22N4O2/c1-13-3-5-14(6-4-13)17-18-15(23-19-17)7-8-16(22)21-11-9-20(2)10-12-21/h3-6H,7-12H2,1-2H3. The van der Waals surface area contributed by atoms with E-state index >= 15 is 0 Å². The van der Waals surface area contributed by atoms with Gasteiger partial charge in [-0.05, 0) is 14.0 Å². The first-order valence-corrected chi connectivity index (χ1v) is 7.98. The van der Waals surface area contributed by atoms with E-state index < -0.39 is 0 Å². The van der Waals surface area contributed by atoms with Crippen LogP contribution in [-0.2, 0) is 11.2 Å². The fourth-order valence-corrected chi connectivity index (χ4v) is 2.60. The third-order valence-corrected chi connectivity index (χ3v) is 4.19. The van der Waals surface area contributed by atoms with Gasteiger partial charge in [-0.3, -0.25) is 4.79 Å². The molecule has 0 unspecified atom stereocenters. The highest BCUT2D eigenvalue weighted by molar-refractivity contribution is 5.76. The first-order chi connectivity index (χ1) is 11.1. The van der Waals surface area contributed by atoms with Gasteiger partial charge in [0.15, 0.2) is 0 Å². The molecule has 1 aliphatic rings. The molecular weight excluding hydrogens is 292 g/mol. The topological polar surface area (TPSA) is 62.5 Å². The Kier molecular flexibility index (Phi) is 4.71. The molecule has 1 amide bonds. The largest absolute Gasteiger partial charge is 0.340 e. The molecule has 6 heteroatoms. The highest BCUT2D eigenvalue weighted by atomic mass is 16.5. The van der Waals surface area contributed by atoms with E-state index in [-0.39, 0.29) is 5.91 Å². The zero-order valence-electron chi connectivity index (χ0n) is 13.7. The Morgan fingerprint density at radius 1 is 1.17 bits per heavy atom. The molecule has 2 aromatic rings. The van der Waals surface area contributed by atoms with Crippen LogP contribution in [0.4, 0.5) is 0 Å². The third kappa shape index (κ3) is 3.96. The molecule has 23 heavy (non-hydrogen) atoms. The third-order valence-electron chi connectivity index (χ3n) is 4.19. The summed E-state index contributed by atoms with van der Waals surface area (Å²) in [5.74, 6) is 1.25. The lowest BCUT2D eigenvalue weighted by Gasteiger charge is -2.32. The number of likely N-dealkylation sites (N-methyl/N-ethyl adjacent to an activating group) is 1. The minimum absolute atomic E-state index is 0.160. The van der Waals surface area contributed by atoms with Gasteiger partial charge < -0.3 is 14.3 Å². The molecule has 0 atom stereocenters. The molecule has 3 rings (SSSR count). The van der Waals surface area contributed by atoms with Gasteiger partial charge in [-0.25, -0.2) is 0 Å². The Hall–Kier alpha value is -2.21. The second kappa shape index (κ2) is 6.91. The Morgan fingerprint density at radius 2 is 1.87 bits per heavy atom. The first-order valence-electron chi connectivity index (χ1n) is 7.98. The van der Waals surface area contributed by atoms with Crippen LogP contribution in [0.2, 0.25) is 0 Å². The van der Waals surface area contributed by atoms with Crippen molar-refractivity contribution in [3.8, 4) is 11.4 Å². The van der Waals surface area contributed by atoms with E-state index in [0.717, 1.165) is 31.7 Å². The smallest absolute Gasteiger partial charge is 0.227 e. The molecular formula is C17H22N4O2. The number of aromatic nitrogens is 2. The maximum absolute atomic E-state index is 12.2. The lowest BCUT2D eigenvalue weighted by atomic mass is 10.1. The van der Waals surface area contributed by atoms with Crippen molar-refractivity contribution in [3.63, 3.8) is 0 Å². The fraction of sp³-hybridized carbons (Fsp3) is 0.471. The minimum atomic E-state index is 0.160. The number of aryl methyl sites for hydroxylation is 2. The maximum atomic E-state index is 12.2. The second-order valence-electron chi connectivity index (χ2n) is 6.06. The van der Waals surface area contributed by atoms with Crippen LogP contribution >= 0.6 is 0 Å². The molecule has 1 aromatic carbocycles. The lowest BCUT2D eigenvalue weighted by molar-refractivity contribution is -0.132. The van der Waals surface area contributed by atoms with E-state index in [2.05, 4.69) is 22.1 Å². The van der Waals surface area contributed by atoms with Crippen molar-refractivity contribution in [1.82, 2.24) is 19.9 Å². The summed E-state index contributed by atoms with van der Waals surface area (Å²) in [6.07, 6.45) is 0.906. The number of rotatable bonds is 4. The molecule has 1 aliphatic heterocycles. The monoisotopic (exact) mass is 314 g/mol. The van der Waals surface area contributed by atoms with Crippen molar-refractivity contribution in [1.29, 1.82) is 0 Å². The number of benzene rings is 1. The number of amides is 1. The Labute approximate surface area is 136 Å². The van der Waals surface area contributed by atoms with Crippen molar-refractivity contribution in [3.05, 3.63) is 35.7 Å². The molecule has 6 nitrogen and oxygen atoms in total. The fourth-order valence-electron chi connectivity index (χ4n) is 2.60. The van der Waals surface area contributed by atoms with Crippen LogP contribution in [0, 0.1) is 6.92 Å². The van der Waals surface area contributed by atoms with Gasteiger partial charge in [0.1, 0.15) is 0 Å². The van der Waals surface area contributed by atoms with Crippen LogP contribution in [-0.4, -0.2) is 59.1 Å². The molecule has 1 fully saturated rings. The second-order valence-corrected chi connectivity index (χ2v) is 6.06. The van der Waals surface area contributed by atoms with E-state index in [9.17, 15) is 4.79 Å². The highest BCUT2D eigenvalue weighted by Gasteiger charge is 2.19. The number of nitrogens with zero attached hydrogens (tertiary/aromatic N) is 4. The molecule has 0 spiro atoms. The summed E-state index contributed by atoms with van der Waals surface area (Å²) in [5.41, 5.74) is 2.12. The van der Waals surface area contributed by atoms with Crippen LogP contribution < -0.4 is 0 Å². The molecule has 1 saturated heterocycles. The quantitative estimate of drug-likeness (QED) is 0.860. The van der Waals surface area contributed by atoms with Crippen LogP contribution in [0.15, 0.2) is 28.8 Å². The number of hydrogen-bond acceptors (Lipinski definition) is 5. The van der Waals surface area contributed by atoms with Gasteiger partial charge in [-0.1, -0.05) is 35.0 Å². The van der Waals surface area contributed by atoms with Gasteiger partial charge in [0, 0.05) is 44.6 Å². The van der Waals surface area contributed by atoms with E-state index in [1.807, 2.05) is 36.1 Å². The zero-order chi connectivity index (χ0) is 16.2. The average Bonchev–Trinajstić information content (AvgIpc) is 3.03. The summed E-state index contributed by atoms with van der Waals surface area (Å²) < 4.78 is 5.26. The van der Waals surface area contributed by atoms with E-state index in [4.69, 9.17) is 4.52 Å². The minimum Gasteiger partial charge on any atom is -0.340 e. The number of carbonyl (C=O) groups excluding carboxylic acids is 1. The normalized spacial score (nSPS) is 15.8. The van der Waals surface area contributed by atoms with Crippen molar-refractivity contribution < 1.29 is 9.32 Å². The maximum Gasteiger partial charge on any atom is 0.227 e. The van der Waals surface area contributed by atoms with Crippen LogP contribution in [0.3, 0.4) is 0 Å². The summed E-state index contributed by atoms with van der Waals surface area (Å²) in [6.45, 7) is 5.50. The molecule has 0 aliphatic carbocycles. The summed E-state index contributed by atoms with van der Waals surface area (Å²) in [7, 11) is 2.08. The van der Waals surface area contributed by atoms with Crippen LogP contribution in [0.5, 0.6) is 0 Å². The summed E-state index contributed by atoms with van der Waals surface area (Å²) in [4.78, 5) is 20.7. The van der Waals surface area contributed by atoms with Crippen molar-refractivity contribution in [2.45, 2.75) is 19.8 Å². The molecule has 1 aromatic heterocycles. The molecule has 122 valence electrons. The van der Waals surface area contributed by atoms with Gasteiger partial charge in [-0.15, -0.1) is 0 Å². The van der Waals surface area contributed by atoms with Crippen molar-refractivity contribution in [2.24, 2.45) is 0 Å². The van der Waals surface area contributed by atoms with Crippen molar-refractivity contribution >= 4 is 5.91 Å². The predicted octanol–water partition coefficient (Wildman–Crippen LogP) is 1.75. The number of carbonyl (C=O) groups is 1. The Morgan fingerprint density at radius 3 is 2.57 bits per heavy atom. The highest BCUT2D eigenvalue weighted by Crippen LogP contribution is 2.17. The summed E-state index contributed by atoms with van der Waals surface area (Å²) in [6, 6.07) is 7.98. The molecule has 2 heterocycles. The molecule has 0 saturated carbocycles. The van der Waals surface area contributed by atoms with Gasteiger partial charge in [0.2, 0.25) is 17.6 Å². The Balaban J connectivity index is 1.55. The molecule has 0 N–H and O–H groups in total. The number of hydrogen-bond donors (Lipinski definition) is 0. The van der Waals surface area contributed by atoms with Crippen LogP contribution in [0.25, 0.3) is 11.4 Å². The molecule has 0 radical (unpaired) electrons. The SMILES string of the molecule is Cc1ccc(-c2noc(CCC(=O)N3CCN(C)CC3)n2)cc1. The van der Waals surface area contributed by atoms with Gasteiger partial charge in [0.25, 0.3) is 0 Å². The predicted molar refractivity (Wildman–Crippen MR) is 86.9 cm³/mol. The van der Waals surface area contributed by atoms with Crippen LogP contribution in [0.1, 0.15) is 17.9 Å². The average molecular weight is 314 g/mol. The van der Waals surface area contributed by atoms with Gasteiger partial charge in [0.05, 0.1) is 0 Å². The van der Waals surface area contributed by atoms with E-state index in [1.165, 1.54) is 5.56 Å². The molecule has 0 bridgehead atoms. The van der Waals surface area contributed by atoms with E-state index in [0.29, 0.717) is 24.6 Å². The van der Waals surface area contributed by atoms with Gasteiger partial charge >= 0.3 is 0 Å². The zero-order valence-corrected chi connectivity index (χ0v) is 13.7. The van der Waals surface area contributed by atoms with E-state index in [1.54, 1.807) is 0 Å². The number of piperazine rings is 1. The Bertz CT molecular complexity index is 657. The van der Waals surface area contributed by atoms with Crippen molar-refractivity contribution in [2.75, 3.05) is 33.2 Å². The lowest BCUT2D eigenvalue weighted by Crippen LogP contribution is -2.47.